The molecule has 0 aromatic heterocycles. The minimum absolute atomic E-state index is 0.209. The fraction of sp³-hybridized carbons (Fsp3) is 0.364. The molecule has 1 nitrogen and oxygen atoms in total. The molecule has 0 spiro atoms. The van der Waals surface area contributed by atoms with Crippen LogP contribution in [0, 0.1) is 0 Å². The van der Waals surface area contributed by atoms with Crippen LogP contribution in [-0.2, 0) is 11.0 Å². The predicted molar refractivity (Wildman–Crippen MR) is 55.4 cm³/mol. The van der Waals surface area contributed by atoms with Crippen LogP contribution in [-0.4, -0.2) is 14.1 Å². The van der Waals surface area contributed by atoms with E-state index in [1.54, 1.807) is 0 Å². The molecular formula is C11H10BF3O. The predicted octanol–water partition coefficient (Wildman–Crippen LogP) is 2.96. The number of carbonyl (C=O) groups is 1. The molecule has 1 aromatic rings. The van der Waals surface area contributed by atoms with Gasteiger partial charge in [-0.2, -0.15) is 13.2 Å². The Morgan fingerprint density at radius 1 is 1.25 bits per heavy atom. The maximum absolute atomic E-state index is 12.3. The minimum Gasteiger partial charge on any atom is -0.303 e. The van der Waals surface area contributed by atoms with Crippen molar-refractivity contribution in [3.05, 3.63) is 35.4 Å². The van der Waals surface area contributed by atoms with Crippen LogP contribution in [0.5, 0.6) is 0 Å². The van der Waals surface area contributed by atoms with Crippen molar-refractivity contribution in [2.24, 2.45) is 0 Å². The molecule has 0 N–H and O–H groups in total. The number of alkyl halides is 3. The van der Waals surface area contributed by atoms with Crippen LogP contribution in [0.15, 0.2) is 24.3 Å². The van der Waals surface area contributed by atoms with E-state index in [0.29, 0.717) is 5.56 Å². The lowest BCUT2D eigenvalue weighted by Gasteiger charge is -2.13. The van der Waals surface area contributed by atoms with Gasteiger partial charge >= 0.3 is 6.18 Å². The first-order valence-corrected chi connectivity index (χ1v) is 4.80. The van der Waals surface area contributed by atoms with E-state index in [2.05, 4.69) is 0 Å². The Labute approximate surface area is 93.1 Å². The maximum Gasteiger partial charge on any atom is 0.416 e. The quantitative estimate of drug-likeness (QED) is 0.569. The van der Waals surface area contributed by atoms with Gasteiger partial charge in [-0.25, -0.2) is 0 Å². The zero-order valence-electron chi connectivity index (χ0n) is 8.50. The standard InChI is InChI=1S/C11H10BF3O/c12-7-9(5-6-16)8-1-3-10(4-2-8)11(13,14)15/h1-4,6,9H,5,7H2/t9-/m0/s1. The maximum atomic E-state index is 12.3. The van der Waals surface area contributed by atoms with Gasteiger partial charge in [0.15, 0.2) is 0 Å². The second-order valence-corrected chi connectivity index (χ2v) is 3.45. The molecule has 0 saturated carbocycles. The molecule has 1 aromatic carbocycles. The highest BCUT2D eigenvalue weighted by atomic mass is 19.4. The van der Waals surface area contributed by atoms with Gasteiger partial charge in [-0.3, -0.25) is 0 Å². The molecule has 0 aliphatic heterocycles. The lowest BCUT2D eigenvalue weighted by Crippen LogP contribution is -2.05. The van der Waals surface area contributed by atoms with Crippen LogP contribution in [0.3, 0.4) is 0 Å². The molecule has 0 heterocycles. The number of hydrogen-bond acceptors (Lipinski definition) is 1. The van der Waals surface area contributed by atoms with Crippen molar-refractivity contribution in [3.63, 3.8) is 0 Å². The summed E-state index contributed by atoms with van der Waals surface area (Å²) in [4.78, 5) is 10.3. The van der Waals surface area contributed by atoms with Crippen molar-refractivity contribution < 1.29 is 18.0 Å². The Balaban J connectivity index is 2.89. The Hall–Kier alpha value is -1.26. The summed E-state index contributed by atoms with van der Waals surface area (Å²) in [7, 11) is 5.43. The second-order valence-electron chi connectivity index (χ2n) is 3.45. The van der Waals surface area contributed by atoms with E-state index in [1.165, 1.54) is 12.1 Å². The molecule has 0 unspecified atom stereocenters. The Morgan fingerprint density at radius 2 is 1.81 bits per heavy atom. The van der Waals surface area contributed by atoms with Crippen molar-refractivity contribution in [1.29, 1.82) is 0 Å². The second kappa shape index (κ2) is 5.19. The Kier molecular flexibility index (Phi) is 4.15. The summed E-state index contributed by atoms with van der Waals surface area (Å²) in [5, 5.41) is 0. The third-order valence-corrected chi connectivity index (χ3v) is 2.37. The Bertz CT molecular complexity index is 345. The molecule has 0 amide bonds. The number of benzene rings is 1. The van der Waals surface area contributed by atoms with Gasteiger partial charge in [0.1, 0.15) is 6.29 Å². The van der Waals surface area contributed by atoms with Crippen molar-refractivity contribution in [1.82, 2.24) is 0 Å². The number of aldehydes is 1. The zero-order valence-corrected chi connectivity index (χ0v) is 8.50. The van der Waals surface area contributed by atoms with Crippen molar-refractivity contribution in [3.8, 4) is 0 Å². The van der Waals surface area contributed by atoms with Crippen LogP contribution in [0.4, 0.5) is 13.2 Å². The summed E-state index contributed by atoms with van der Waals surface area (Å²) in [6.45, 7) is 0. The normalized spacial score (nSPS) is 13.4. The third kappa shape index (κ3) is 3.12. The summed E-state index contributed by atoms with van der Waals surface area (Å²) in [6, 6.07) is 4.74. The van der Waals surface area contributed by atoms with Gasteiger partial charge in [-0.05, 0) is 23.6 Å². The van der Waals surface area contributed by atoms with E-state index in [1.807, 2.05) is 0 Å². The highest BCUT2D eigenvalue weighted by molar-refractivity contribution is 6.09. The number of halogens is 3. The molecule has 0 aliphatic carbocycles. The van der Waals surface area contributed by atoms with E-state index < -0.39 is 11.7 Å². The van der Waals surface area contributed by atoms with Gasteiger partial charge in [-0.1, -0.05) is 18.5 Å². The van der Waals surface area contributed by atoms with E-state index in [4.69, 9.17) is 7.85 Å². The van der Waals surface area contributed by atoms with Crippen LogP contribution < -0.4 is 0 Å². The van der Waals surface area contributed by atoms with Crippen molar-refractivity contribution >= 4 is 14.1 Å². The van der Waals surface area contributed by atoms with Gasteiger partial charge in [0, 0.05) is 6.42 Å². The highest BCUT2D eigenvalue weighted by Gasteiger charge is 2.30. The molecule has 1 atom stereocenters. The van der Waals surface area contributed by atoms with Crippen LogP contribution in [0.1, 0.15) is 23.5 Å². The van der Waals surface area contributed by atoms with Crippen molar-refractivity contribution in [2.45, 2.75) is 24.8 Å². The van der Waals surface area contributed by atoms with E-state index in [0.717, 1.165) is 18.4 Å². The van der Waals surface area contributed by atoms with E-state index >= 15 is 0 Å². The molecule has 0 saturated heterocycles. The monoisotopic (exact) mass is 226 g/mol. The Morgan fingerprint density at radius 3 is 2.19 bits per heavy atom. The van der Waals surface area contributed by atoms with Gasteiger partial charge in [-0.15, -0.1) is 0 Å². The summed E-state index contributed by atoms with van der Waals surface area (Å²) in [6.07, 6.45) is -3.15. The lowest BCUT2D eigenvalue weighted by molar-refractivity contribution is -0.137. The molecule has 84 valence electrons. The van der Waals surface area contributed by atoms with Crippen LogP contribution in [0.25, 0.3) is 0 Å². The molecule has 0 bridgehead atoms. The fourth-order valence-electron chi connectivity index (χ4n) is 1.43. The third-order valence-electron chi connectivity index (χ3n) is 2.37. The molecular weight excluding hydrogens is 216 g/mol. The topological polar surface area (TPSA) is 17.1 Å². The van der Waals surface area contributed by atoms with E-state index in [-0.39, 0.29) is 18.7 Å². The number of carbonyl (C=O) groups excluding carboxylic acids is 1. The smallest absolute Gasteiger partial charge is 0.303 e. The average Bonchev–Trinajstić information content (AvgIpc) is 2.25. The van der Waals surface area contributed by atoms with Crippen LogP contribution >= 0.6 is 0 Å². The number of hydrogen-bond donors (Lipinski definition) is 0. The largest absolute Gasteiger partial charge is 0.416 e. The van der Waals surface area contributed by atoms with E-state index in [9.17, 15) is 18.0 Å². The summed E-state index contributed by atoms with van der Waals surface area (Å²) in [5.74, 6) is -0.209. The first kappa shape index (κ1) is 12.8. The highest BCUT2D eigenvalue weighted by Crippen LogP contribution is 2.31. The summed E-state index contributed by atoms with van der Waals surface area (Å²) >= 11 is 0. The average molecular weight is 226 g/mol. The van der Waals surface area contributed by atoms with Gasteiger partial charge in [0.2, 0.25) is 0 Å². The lowest BCUT2D eigenvalue weighted by atomic mass is 9.84. The first-order valence-electron chi connectivity index (χ1n) is 4.80. The molecule has 5 heteroatoms. The van der Waals surface area contributed by atoms with Gasteiger partial charge < -0.3 is 4.79 Å². The molecule has 0 aliphatic rings. The van der Waals surface area contributed by atoms with Crippen molar-refractivity contribution in [2.75, 3.05) is 0 Å². The molecule has 0 fully saturated rings. The number of rotatable bonds is 4. The SMILES string of the molecule is [B]C[C@H](CC=O)c1ccc(C(F)(F)F)cc1. The van der Waals surface area contributed by atoms with Gasteiger partial charge in [0.05, 0.1) is 13.4 Å². The summed E-state index contributed by atoms with van der Waals surface area (Å²) in [5.41, 5.74) is -0.0410. The minimum atomic E-state index is -4.33. The summed E-state index contributed by atoms with van der Waals surface area (Å²) < 4.78 is 36.8. The van der Waals surface area contributed by atoms with Crippen LogP contribution in [0.2, 0.25) is 6.32 Å². The first-order chi connectivity index (χ1) is 7.49. The van der Waals surface area contributed by atoms with Gasteiger partial charge in [0.25, 0.3) is 0 Å². The molecule has 16 heavy (non-hydrogen) atoms. The fourth-order valence-corrected chi connectivity index (χ4v) is 1.43. The molecule has 1 rings (SSSR count). The zero-order chi connectivity index (χ0) is 12.2. The molecule has 2 radical (unpaired) electrons.